The third-order valence-electron chi connectivity index (χ3n) is 3.92. The van der Waals surface area contributed by atoms with Crippen LogP contribution in [0, 0.1) is 0 Å². The second-order valence-electron chi connectivity index (χ2n) is 6.26. The Morgan fingerprint density at radius 1 is 1.21 bits per heavy atom. The summed E-state index contributed by atoms with van der Waals surface area (Å²) in [5.41, 5.74) is 1.37. The number of halogens is 1. The lowest BCUT2D eigenvalue weighted by molar-refractivity contribution is 0.507. The standard InChI is InChI=1S/C18H27N5.HI/c1-18(2,16-8-5-4-6-9-16)14-22-17(19-3)21-10-7-12-23-13-11-20-15-23;/h4-6,8-9,11,13,15H,7,10,12,14H2,1-3H3,(H2,19,21,22);1H. The lowest BCUT2D eigenvalue weighted by atomic mass is 9.85. The molecule has 1 heterocycles. The van der Waals surface area contributed by atoms with Crippen LogP contribution in [-0.4, -0.2) is 35.6 Å². The zero-order valence-electron chi connectivity index (χ0n) is 14.7. The van der Waals surface area contributed by atoms with E-state index in [0.29, 0.717) is 0 Å². The van der Waals surface area contributed by atoms with Crippen molar-refractivity contribution < 1.29 is 0 Å². The molecule has 0 saturated heterocycles. The normalized spacial score (nSPS) is 11.7. The van der Waals surface area contributed by atoms with Crippen molar-refractivity contribution in [1.82, 2.24) is 20.2 Å². The molecule has 0 unspecified atom stereocenters. The third kappa shape index (κ3) is 6.51. The molecule has 1 aromatic carbocycles. The van der Waals surface area contributed by atoms with E-state index >= 15 is 0 Å². The molecule has 24 heavy (non-hydrogen) atoms. The first kappa shape index (κ1) is 20.5. The van der Waals surface area contributed by atoms with Crippen LogP contribution in [0.4, 0.5) is 0 Å². The van der Waals surface area contributed by atoms with Crippen molar-refractivity contribution in [2.45, 2.75) is 32.2 Å². The Hall–Kier alpha value is -1.57. The highest BCUT2D eigenvalue weighted by Gasteiger charge is 2.20. The van der Waals surface area contributed by atoms with Crippen LogP contribution >= 0.6 is 24.0 Å². The van der Waals surface area contributed by atoms with Crippen LogP contribution in [0.15, 0.2) is 54.0 Å². The molecule has 0 radical (unpaired) electrons. The third-order valence-corrected chi connectivity index (χ3v) is 3.92. The average Bonchev–Trinajstić information content (AvgIpc) is 3.08. The number of guanidine groups is 1. The van der Waals surface area contributed by atoms with Crippen molar-refractivity contribution in [3.8, 4) is 0 Å². The summed E-state index contributed by atoms with van der Waals surface area (Å²) in [5.74, 6) is 0.847. The van der Waals surface area contributed by atoms with E-state index in [4.69, 9.17) is 0 Å². The van der Waals surface area contributed by atoms with Crippen molar-refractivity contribution in [3.63, 3.8) is 0 Å². The average molecular weight is 441 g/mol. The van der Waals surface area contributed by atoms with Crippen molar-refractivity contribution in [1.29, 1.82) is 0 Å². The largest absolute Gasteiger partial charge is 0.356 e. The van der Waals surface area contributed by atoms with E-state index in [1.807, 2.05) is 18.6 Å². The lowest BCUT2D eigenvalue weighted by Gasteiger charge is -2.26. The molecular formula is C18H28IN5. The van der Waals surface area contributed by atoms with Gasteiger partial charge in [-0.1, -0.05) is 44.2 Å². The molecule has 2 rings (SSSR count). The Labute approximate surface area is 162 Å². The SMILES string of the molecule is CN=C(NCCCn1ccnc1)NCC(C)(C)c1ccccc1.I. The molecule has 0 fully saturated rings. The second-order valence-corrected chi connectivity index (χ2v) is 6.26. The van der Waals surface area contributed by atoms with E-state index in [9.17, 15) is 0 Å². The van der Waals surface area contributed by atoms with Gasteiger partial charge >= 0.3 is 0 Å². The van der Waals surface area contributed by atoms with Crippen LogP contribution in [0.5, 0.6) is 0 Å². The number of rotatable bonds is 7. The number of hydrogen-bond donors (Lipinski definition) is 2. The van der Waals surface area contributed by atoms with Gasteiger partial charge < -0.3 is 15.2 Å². The molecule has 0 saturated carbocycles. The molecule has 0 amide bonds. The van der Waals surface area contributed by atoms with Gasteiger partial charge in [-0.25, -0.2) is 4.98 Å². The Balaban J connectivity index is 0.00000288. The maximum atomic E-state index is 4.29. The molecule has 0 aliphatic carbocycles. The monoisotopic (exact) mass is 441 g/mol. The second kappa shape index (κ2) is 10.3. The molecule has 0 bridgehead atoms. The number of aryl methyl sites for hydroxylation is 1. The number of hydrogen-bond acceptors (Lipinski definition) is 2. The van der Waals surface area contributed by atoms with Crippen LogP contribution in [0.2, 0.25) is 0 Å². The Morgan fingerprint density at radius 2 is 1.96 bits per heavy atom. The Morgan fingerprint density at radius 3 is 2.58 bits per heavy atom. The van der Waals surface area contributed by atoms with Crippen LogP contribution < -0.4 is 10.6 Å². The number of imidazole rings is 1. The summed E-state index contributed by atoms with van der Waals surface area (Å²) < 4.78 is 2.08. The van der Waals surface area contributed by atoms with Gasteiger partial charge in [-0.05, 0) is 12.0 Å². The highest BCUT2D eigenvalue weighted by molar-refractivity contribution is 14.0. The van der Waals surface area contributed by atoms with Gasteiger partial charge in [0.25, 0.3) is 0 Å². The van der Waals surface area contributed by atoms with E-state index in [1.54, 1.807) is 13.2 Å². The van der Waals surface area contributed by atoms with Gasteiger partial charge in [0.15, 0.2) is 5.96 Å². The number of nitrogens with one attached hydrogen (secondary N) is 2. The Kier molecular flexibility index (Phi) is 8.81. The minimum absolute atomic E-state index is 0. The summed E-state index contributed by atoms with van der Waals surface area (Å²) in [7, 11) is 1.81. The summed E-state index contributed by atoms with van der Waals surface area (Å²) in [6.45, 7) is 7.14. The molecule has 6 heteroatoms. The molecule has 5 nitrogen and oxygen atoms in total. The zero-order chi connectivity index (χ0) is 16.5. The van der Waals surface area contributed by atoms with E-state index in [0.717, 1.165) is 32.0 Å². The number of benzene rings is 1. The van der Waals surface area contributed by atoms with E-state index < -0.39 is 0 Å². The predicted octanol–water partition coefficient (Wildman–Crippen LogP) is 3.03. The highest BCUT2D eigenvalue weighted by Crippen LogP contribution is 2.21. The molecule has 1 aromatic heterocycles. The van der Waals surface area contributed by atoms with Gasteiger partial charge in [-0.3, -0.25) is 4.99 Å². The minimum atomic E-state index is 0. The fraction of sp³-hybridized carbons (Fsp3) is 0.444. The maximum Gasteiger partial charge on any atom is 0.191 e. The van der Waals surface area contributed by atoms with E-state index in [2.05, 4.69) is 63.3 Å². The van der Waals surface area contributed by atoms with E-state index in [1.165, 1.54) is 5.56 Å². The molecule has 132 valence electrons. The van der Waals surface area contributed by atoms with Crippen LogP contribution in [0.25, 0.3) is 0 Å². The highest BCUT2D eigenvalue weighted by atomic mass is 127. The summed E-state index contributed by atoms with van der Waals surface area (Å²) in [6.07, 6.45) is 6.66. The summed E-state index contributed by atoms with van der Waals surface area (Å²) in [6, 6.07) is 10.6. The van der Waals surface area contributed by atoms with Crippen LogP contribution in [0.3, 0.4) is 0 Å². The van der Waals surface area contributed by atoms with Crippen LogP contribution in [-0.2, 0) is 12.0 Å². The van der Waals surface area contributed by atoms with Crippen molar-refractivity contribution in [3.05, 3.63) is 54.6 Å². The zero-order valence-corrected chi connectivity index (χ0v) is 17.0. The number of aliphatic imine (C=N–C) groups is 1. The molecule has 0 aliphatic rings. The number of aromatic nitrogens is 2. The van der Waals surface area contributed by atoms with Crippen molar-refractivity contribution >= 4 is 29.9 Å². The molecule has 2 N–H and O–H groups in total. The fourth-order valence-corrected chi connectivity index (χ4v) is 2.40. The van der Waals surface area contributed by atoms with Crippen molar-refractivity contribution in [2.75, 3.05) is 20.1 Å². The van der Waals surface area contributed by atoms with Gasteiger partial charge in [-0.2, -0.15) is 0 Å². The molecule has 0 spiro atoms. The molecule has 2 aromatic rings. The minimum Gasteiger partial charge on any atom is -0.356 e. The summed E-state index contributed by atoms with van der Waals surface area (Å²) in [5, 5.41) is 6.78. The quantitative estimate of drug-likeness (QED) is 0.301. The van der Waals surface area contributed by atoms with Gasteiger partial charge in [0.05, 0.1) is 6.33 Å². The molecule has 0 atom stereocenters. The van der Waals surface area contributed by atoms with Gasteiger partial charge in [-0.15, -0.1) is 24.0 Å². The summed E-state index contributed by atoms with van der Waals surface area (Å²) in [4.78, 5) is 8.34. The lowest BCUT2D eigenvalue weighted by Crippen LogP contribution is -2.43. The maximum absolute atomic E-state index is 4.29. The first-order valence-electron chi connectivity index (χ1n) is 8.07. The van der Waals surface area contributed by atoms with Gasteiger partial charge in [0, 0.05) is 44.5 Å². The first-order valence-corrected chi connectivity index (χ1v) is 8.07. The smallest absolute Gasteiger partial charge is 0.191 e. The van der Waals surface area contributed by atoms with Crippen molar-refractivity contribution in [2.24, 2.45) is 4.99 Å². The predicted molar refractivity (Wildman–Crippen MR) is 111 cm³/mol. The molecular weight excluding hydrogens is 413 g/mol. The van der Waals surface area contributed by atoms with Crippen LogP contribution in [0.1, 0.15) is 25.8 Å². The van der Waals surface area contributed by atoms with Gasteiger partial charge in [0.2, 0.25) is 0 Å². The number of nitrogens with zero attached hydrogens (tertiary/aromatic N) is 3. The topological polar surface area (TPSA) is 54.2 Å². The summed E-state index contributed by atoms with van der Waals surface area (Å²) >= 11 is 0. The fourth-order valence-electron chi connectivity index (χ4n) is 2.40. The molecule has 0 aliphatic heterocycles. The van der Waals surface area contributed by atoms with Gasteiger partial charge in [0.1, 0.15) is 0 Å². The first-order chi connectivity index (χ1) is 11.1. The van der Waals surface area contributed by atoms with E-state index in [-0.39, 0.29) is 29.4 Å². The Bertz CT molecular complexity index is 593.